The fourth-order valence-electron chi connectivity index (χ4n) is 4.01. The normalized spacial score (nSPS) is 22.1. The molecule has 0 unspecified atom stereocenters. The Morgan fingerprint density at radius 2 is 1.59 bits per heavy atom. The van der Waals surface area contributed by atoms with Crippen molar-refractivity contribution in [1.29, 1.82) is 0 Å². The van der Waals surface area contributed by atoms with E-state index in [2.05, 4.69) is 50.2 Å². The van der Waals surface area contributed by atoms with Crippen LogP contribution in [0.25, 0.3) is 10.8 Å². The standard InChI is InChI=1S/C22H30/c1-3-5-6-18-9-12-22-16-21(14-13-20(22)15-18)19-10-7-17(4-2)8-11-19/h9,12-17,19H,3-8,10-11H2,1-2H3/t17-,19-. The summed E-state index contributed by atoms with van der Waals surface area (Å²) in [6, 6.07) is 14.3. The number of fused-ring (bicyclic) bond motifs is 1. The molecule has 2 aromatic carbocycles. The lowest BCUT2D eigenvalue weighted by Gasteiger charge is -2.28. The molecule has 1 fully saturated rings. The first kappa shape index (κ1) is 15.6. The lowest BCUT2D eigenvalue weighted by molar-refractivity contribution is 0.319. The molecule has 3 rings (SSSR count). The molecule has 0 heterocycles. The highest BCUT2D eigenvalue weighted by atomic mass is 14.3. The molecule has 0 radical (unpaired) electrons. The van der Waals surface area contributed by atoms with Gasteiger partial charge in [-0.05, 0) is 72.3 Å². The quantitative estimate of drug-likeness (QED) is 0.564. The molecule has 0 amide bonds. The lowest BCUT2D eigenvalue weighted by Crippen LogP contribution is -2.12. The van der Waals surface area contributed by atoms with Gasteiger partial charge < -0.3 is 0 Å². The summed E-state index contributed by atoms with van der Waals surface area (Å²) in [5.41, 5.74) is 3.06. The van der Waals surface area contributed by atoms with E-state index in [1.165, 1.54) is 67.7 Å². The van der Waals surface area contributed by atoms with E-state index in [-0.39, 0.29) is 0 Å². The van der Waals surface area contributed by atoms with Crippen molar-refractivity contribution < 1.29 is 0 Å². The van der Waals surface area contributed by atoms with Gasteiger partial charge in [0.25, 0.3) is 0 Å². The van der Waals surface area contributed by atoms with Gasteiger partial charge in [-0.3, -0.25) is 0 Å². The summed E-state index contributed by atoms with van der Waals surface area (Å²) in [4.78, 5) is 0. The van der Waals surface area contributed by atoms with Crippen molar-refractivity contribution in [3.05, 3.63) is 47.5 Å². The molecular formula is C22H30. The monoisotopic (exact) mass is 294 g/mol. The lowest BCUT2D eigenvalue weighted by atomic mass is 9.77. The number of aryl methyl sites for hydroxylation is 1. The van der Waals surface area contributed by atoms with Gasteiger partial charge in [-0.1, -0.05) is 63.1 Å². The molecule has 2 aromatic rings. The summed E-state index contributed by atoms with van der Waals surface area (Å²) >= 11 is 0. The Bertz CT molecular complexity index is 602. The van der Waals surface area contributed by atoms with Gasteiger partial charge in [0.1, 0.15) is 0 Å². The van der Waals surface area contributed by atoms with E-state index in [1.807, 2.05) is 0 Å². The van der Waals surface area contributed by atoms with Crippen LogP contribution in [0.1, 0.15) is 75.8 Å². The molecule has 1 aliphatic rings. The van der Waals surface area contributed by atoms with Crippen molar-refractivity contribution in [2.24, 2.45) is 5.92 Å². The molecule has 0 N–H and O–H groups in total. The molecule has 22 heavy (non-hydrogen) atoms. The summed E-state index contributed by atoms with van der Waals surface area (Å²) < 4.78 is 0. The second kappa shape index (κ2) is 7.31. The van der Waals surface area contributed by atoms with Crippen molar-refractivity contribution in [3.8, 4) is 0 Å². The van der Waals surface area contributed by atoms with Crippen molar-refractivity contribution in [2.45, 2.75) is 71.1 Å². The Morgan fingerprint density at radius 1 is 0.864 bits per heavy atom. The summed E-state index contributed by atoms with van der Waals surface area (Å²) in [5, 5.41) is 2.84. The largest absolute Gasteiger partial charge is 0.0654 e. The van der Waals surface area contributed by atoms with Gasteiger partial charge in [-0.2, -0.15) is 0 Å². The van der Waals surface area contributed by atoms with Gasteiger partial charge in [0.2, 0.25) is 0 Å². The zero-order valence-electron chi connectivity index (χ0n) is 14.3. The van der Waals surface area contributed by atoms with Crippen molar-refractivity contribution in [1.82, 2.24) is 0 Å². The van der Waals surface area contributed by atoms with Crippen LogP contribution in [-0.2, 0) is 6.42 Å². The molecule has 0 saturated heterocycles. The number of unbranched alkanes of at least 4 members (excludes halogenated alkanes) is 1. The van der Waals surface area contributed by atoms with Crippen LogP contribution in [-0.4, -0.2) is 0 Å². The number of hydrogen-bond acceptors (Lipinski definition) is 0. The highest BCUT2D eigenvalue weighted by molar-refractivity contribution is 5.84. The summed E-state index contributed by atoms with van der Waals surface area (Å²) in [5.74, 6) is 1.78. The third-order valence-electron chi connectivity index (χ3n) is 5.64. The molecule has 0 heteroatoms. The predicted octanol–water partition coefficient (Wildman–Crippen LogP) is 6.87. The van der Waals surface area contributed by atoms with Gasteiger partial charge in [-0.25, -0.2) is 0 Å². The van der Waals surface area contributed by atoms with Crippen LogP contribution >= 0.6 is 0 Å². The maximum Gasteiger partial charge on any atom is -0.0162 e. The highest BCUT2D eigenvalue weighted by Gasteiger charge is 2.21. The summed E-state index contributed by atoms with van der Waals surface area (Å²) in [7, 11) is 0. The first-order valence-electron chi connectivity index (χ1n) is 9.32. The van der Waals surface area contributed by atoms with E-state index in [1.54, 1.807) is 5.56 Å². The van der Waals surface area contributed by atoms with Gasteiger partial charge in [0.05, 0.1) is 0 Å². The Morgan fingerprint density at radius 3 is 2.32 bits per heavy atom. The molecule has 0 spiro atoms. The smallest absolute Gasteiger partial charge is 0.0162 e. The van der Waals surface area contributed by atoms with E-state index < -0.39 is 0 Å². The van der Waals surface area contributed by atoms with Crippen molar-refractivity contribution >= 4 is 10.8 Å². The Hall–Kier alpha value is -1.30. The summed E-state index contributed by atoms with van der Waals surface area (Å²) in [6.45, 7) is 4.61. The number of rotatable bonds is 5. The Kier molecular flexibility index (Phi) is 5.18. The third kappa shape index (κ3) is 3.54. The maximum absolute atomic E-state index is 2.45. The molecule has 0 nitrogen and oxygen atoms in total. The zero-order chi connectivity index (χ0) is 15.4. The van der Waals surface area contributed by atoms with Crippen LogP contribution in [0.2, 0.25) is 0 Å². The van der Waals surface area contributed by atoms with Crippen molar-refractivity contribution in [3.63, 3.8) is 0 Å². The van der Waals surface area contributed by atoms with Gasteiger partial charge in [0, 0.05) is 0 Å². The predicted molar refractivity (Wildman–Crippen MR) is 97.6 cm³/mol. The first-order valence-corrected chi connectivity index (χ1v) is 9.32. The van der Waals surface area contributed by atoms with Crippen LogP contribution in [0.3, 0.4) is 0 Å². The van der Waals surface area contributed by atoms with Crippen LogP contribution in [0.5, 0.6) is 0 Å². The van der Waals surface area contributed by atoms with E-state index in [0.717, 1.165) is 11.8 Å². The summed E-state index contributed by atoms with van der Waals surface area (Å²) in [6.07, 6.45) is 10.8. The third-order valence-corrected chi connectivity index (χ3v) is 5.64. The Labute approximate surface area is 135 Å². The fraction of sp³-hybridized carbons (Fsp3) is 0.545. The van der Waals surface area contributed by atoms with Crippen LogP contribution in [0.4, 0.5) is 0 Å². The minimum absolute atomic E-state index is 0.798. The highest BCUT2D eigenvalue weighted by Crippen LogP contribution is 2.37. The van der Waals surface area contributed by atoms with Crippen molar-refractivity contribution in [2.75, 3.05) is 0 Å². The van der Waals surface area contributed by atoms with Crippen LogP contribution in [0, 0.1) is 5.92 Å². The van der Waals surface area contributed by atoms with Gasteiger partial charge in [-0.15, -0.1) is 0 Å². The van der Waals surface area contributed by atoms with Gasteiger partial charge >= 0.3 is 0 Å². The van der Waals surface area contributed by atoms with Gasteiger partial charge in [0.15, 0.2) is 0 Å². The molecule has 1 saturated carbocycles. The molecule has 0 bridgehead atoms. The second-order valence-electron chi connectivity index (χ2n) is 7.17. The molecular weight excluding hydrogens is 264 g/mol. The van der Waals surface area contributed by atoms with E-state index in [0.29, 0.717) is 0 Å². The number of hydrogen-bond donors (Lipinski definition) is 0. The fourth-order valence-corrected chi connectivity index (χ4v) is 4.01. The topological polar surface area (TPSA) is 0 Å². The second-order valence-corrected chi connectivity index (χ2v) is 7.17. The van der Waals surface area contributed by atoms with Crippen LogP contribution < -0.4 is 0 Å². The van der Waals surface area contributed by atoms with E-state index in [4.69, 9.17) is 0 Å². The minimum atomic E-state index is 0.798. The maximum atomic E-state index is 2.45. The molecule has 1 aliphatic carbocycles. The van der Waals surface area contributed by atoms with Crippen LogP contribution in [0.15, 0.2) is 36.4 Å². The average molecular weight is 294 g/mol. The molecule has 0 aromatic heterocycles. The first-order chi connectivity index (χ1) is 10.8. The SMILES string of the molecule is CCCCc1ccc2cc([C@H]3CC[C@H](CC)CC3)ccc2c1. The molecule has 0 atom stereocenters. The number of benzene rings is 2. The van der Waals surface area contributed by atoms with E-state index >= 15 is 0 Å². The average Bonchev–Trinajstić information content (AvgIpc) is 2.59. The van der Waals surface area contributed by atoms with E-state index in [9.17, 15) is 0 Å². The zero-order valence-corrected chi connectivity index (χ0v) is 14.3. The molecule has 118 valence electrons. The molecule has 0 aliphatic heterocycles. The minimum Gasteiger partial charge on any atom is -0.0654 e. The Balaban J connectivity index is 1.76.